The van der Waals surface area contributed by atoms with E-state index < -0.39 is 9.84 Å². The minimum Gasteiger partial charge on any atom is -0.313 e. The highest BCUT2D eigenvalue weighted by molar-refractivity contribution is 7.90. The van der Waals surface area contributed by atoms with Gasteiger partial charge in [0.1, 0.15) is 9.84 Å². The summed E-state index contributed by atoms with van der Waals surface area (Å²) in [6, 6.07) is 8.11. The molecule has 0 radical (unpaired) electrons. The first kappa shape index (κ1) is 14.0. The molecule has 1 N–H and O–H groups in total. The molecule has 0 amide bonds. The first-order valence-corrected chi connectivity index (χ1v) is 8.32. The highest BCUT2D eigenvalue weighted by Crippen LogP contribution is 2.16. The summed E-state index contributed by atoms with van der Waals surface area (Å²) < 4.78 is 22.0. The van der Waals surface area contributed by atoms with Gasteiger partial charge in [-0.3, -0.25) is 4.98 Å². The van der Waals surface area contributed by atoms with E-state index >= 15 is 0 Å². The van der Waals surface area contributed by atoms with Gasteiger partial charge in [-0.25, -0.2) is 8.42 Å². The van der Waals surface area contributed by atoms with Crippen molar-refractivity contribution in [3.05, 3.63) is 42.2 Å². The highest BCUT2D eigenvalue weighted by Gasteiger charge is 2.02. The van der Waals surface area contributed by atoms with Crippen LogP contribution in [-0.2, 0) is 16.4 Å². The maximum Gasteiger partial charge on any atom is 0.147 e. The number of nitrogens with zero attached hydrogens (tertiary/aromatic N) is 1. The molecular formula is C14H18N2O2S. The molecule has 102 valence electrons. The van der Waals surface area contributed by atoms with E-state index in [1.165, 1.54) is 11.6 Å². The molecule has 1 aromatic carbocycles. The van der Waals surface area contributed by atoms with E-state index in [1.54, 1.807) is 0 Å². The van der Waals surface area contributed by atoms with Crippen molar-refractivity contribution in [3.63, 3.8) is 0 Å². The second kappa shape index (κ2) is 6.12. The van der Waals surface area contributed by atoms with E-state index in [2.05, 4.69) is 16.4 Å². The van der Waals surface area contributed by atoms with Crippen LogP contribution in [0.1, 0.15) is 12.0 Å². The molecule has 0 bridgehead atoms. The second-order valence-electron chi connectivity index (χ2n) is 4.68. The third-order valence-electron chi connectivity index (χ3n) is 2.93. The number of hydrogen-bond acceptors (Lipinski definition) is 4. The van der Waals surface area contributed by atoms with Crippen molar-refractivity contribution in [2.75, 3.05) is 18.6 Å². The Balaban J connectivity index is 1.92. The number of nitrogens with one attached hydrogen (secondary N) is 1. The SMILES string of the molecule is CS(=O)(=O)CCCNCc1cncc2ccccc12. The van der Waals surface area contributed by atoms with Gasteiger partial charge >= 0.3 is 0 Å². The van der Waals surface area contributed by atoms with Crippen LogP contribution in [0.3, 0.4) is 0 Å². The topological polar surface area (TPSA) is 59.1 Å². The van der Waals surface area contributed by atoms with Gasteiger partial charge in [0, 0.05) is 30.6 Å². The number of sulfone groups is 1. The quantitative estimate of drug-likeness (QED) is 0.818. The Morgan fingerprint density at radius 3 is 2.79 bits per heavy atom. The third kappa shape index (κ3) is 4.29. The Morgan fingerprint density at radius 1 is 1.21 bits per heavy atom. The summed E-state index contributed by atoms with van der Waals surface area (Å²) >= 11 is 0. The standard InChI is InChI=1S/C14H18N2O2S/c1-19(17,18)8-4-7-15-10-13-11-16-9-12-5-2-3-6-14(12)13/h2-3,5-6,9,11,15H,4,7-8,10H2,1H3. The molecule has 0 fully saturated rings. The highest BCUT2D eigenvalue weighted by atomic mass is 32.2. The first-order valence-electron chi connectivity index (χ1n) is 6.26. The molecule has 0 aliphatic rings. The molecule has 2 rings (SSSR count). The fraction of sp³-hybridized carbons (Fsp3) is 0.357. The maximum atomic E-state index is 11.0. The van der Waals surface area contributed by atoms with E-state index in [-0.39, 0.29) is 5.75 Å². The van der Waals surface area contributed by atoms with E-state index in [0.717, 1.165) is 10.9 Å². The molecule has 0 spiro atoms. The molecule has 5 heteroatoms. The van der Waals surface area contributed by atoms with Crippen LogP contribution in [0.4, 0.5) is 0 Å². The van der Waals surface area contributed by atoms with Gasteiger partial charge < -0.3 is 5.32 Å². The third-order valence-corrected chi connectivity index (χ3v) is 3.97. The zero-order valence-corrected chi connectivity index (χ0v) is 11.8. The minimum absolute atomic E-state index is 0.230. The molecule has 1 heterocycles. The lowest BCUT2D eigenvalue weighted by Gasteiger charge is -2.07. The lowest BCUT2D eigenvalue weighted by Crippen LogP contribution is -2.18. The van der Waals surface area contributed by atoms with Gasteiger partial charge in [-0.15, -0.1) is 0 Å². The van der Waals surface area contributed by atoms with Crippen LogP contribution in [0.5, 0.6) is 0 Å². The first-order chi connectivity index (χ1) is 9.06. The average Bonchev–Trinajstić information content (AvgIpc) is 2.37. The van der Waals surface area contributed by atoms with E-state index in [0.29, 0.717) is 19.5 Å². The van der Waals surface area contributed by atoms with Crippen molar-refractivity contribution in [1.82, 2.24) is 10.3 Å². The summed E-state index contributed by atoms with van der Waals surface area (Å²) in [5, 5.41) is 5.57. The molecule has 0 unspecified atom stereocenters. The van der Waals surface area contributed by atoms with Crippen LogP contribution < -0.4 is 5.32 Å². The van der Waals surface area contributed by atoms with Crippen molar-refractivity contribution in [2.24, 2.45) is 0 Å². The Bertz CT molecular complexity index is 648. The fourth-order valence-corrected chi connectivity index (χ4v) is 2.67. The van der Waals surface area contributed by atoms with Gasteiger partial charge in [-0.05, 0) is 23.9 Å². The van der Waals surface area contributed by atoms with Crippen molar-refractivity contribution < 1.29 is 8.42 Å². The number of hydrogen-bond donors (Lipinski definition) is 1. The minimum atomic E-state index is -2.86. The molecule has 1 aromatic heterocycles. The Labute approximate surface area is 113 Å². The van der Waals surface area contributed by atoms with Gasteiger partial charge in [-0.1, -0.05) is 24.3 Å². The molecule has 0 saturated carbocycles. The maximum absolute atomic E-state index is 11.0. The molecule has 2 aromatic rings. The lowest BCUT2D eigenvalue weighted by atomic mass is 10.1. The van der Waals surface area contributed by atoms with Crippen molar-refractivity contribution in [1.29, 1.82) is 0 Å². The van der Waals surface area contributed by atoms with Crippen molar-refractivity contribution in [3.8, 4) is 0 Å². The van der Waals surface area contributed by atoms with Crippen LogP contribution in [-0.4, -0.2) is 32.0 Å². The molecule has 0 saturated heterocycles. The van der Waals surface area contributed by atoms with Crippen LogP contribution in [0.15, 0.2) is 36.7 Å². The average molecular weight is 278 g/mol. The number of rotatable bonds is 6. The monoisotopic (exact) mass is 278 g/mol. The molecular weight excluding hydrogens is 260 g/mol. The van der Waals surface area contributed by atoms with Gasteiger partial charge in [-0.2, -0.15) is 0 Å². The number of benzene rings is 1. The molecule has 0 aliphatic heterocycles. The van der Waals surface area contributed by atoms with Gasteiger partial charge in [0.05, 0.1) is 5.75 Å². The summed E-state index contributed by atoms with van der Waals surface area (Å²) in [7, 11) is -2.86. The summed E-state index contributed by atoms with van der Waals surface area (Å²) in [4.78, 5) is 4.22. The zero-order valence-electron chi connectivity index (χ0n) is 11.0. The predicted molar refractivity (Wildman–Crippen MR) is 77.8 cm³/mol. The van der Waals surface area contributed by atoms with Gasteiger partial charge in [0.25, 0.3) is 0 Å². The van der Waals surface area contributed by atoms with Crippen molar-refractivity contribution >= 4 is 20.6 Å². The Morgan fingerprint density at radius 2 is 2.00 bits per heavy atom. The number of aromatic nitrogens is 1. The molecule has 0 aliphatic carbocycles. The summed E-state index contributed by atoms with van der Waals surface area (Å²) in [6.07, 6.45) is 5.60. The summed E-state index contributed by atoms with van der Waals surface area (Å²) in [6.45, 7) is 1.40. The van der Waals surface area contributed by atoms with Gasteiger partial charge in [0.15, 0.2) is 0 Å². The van der Waals surface area contributed by atoms with Crippen LogP contribution in [0.2, 0.25) is 0 Å². The Hall–Kier alpha value is -1.46. The lowest BCUT2D eigenvalue weighted by molar-refractivity contribution is 0.594. The van der Waals surface area contributed by atoms with E-state index in [9.17, 15) is 8.42 Å². The summed E-state index contributed by atoms with van der Waals surface area (Å²) in [5.41, 5.74) is 1.14. The predicted octanol–water partition coefficient (Wildman–Crippen LogP) is 1.76. The van der Waals surface area contributed by atoms with E-state index in [4.69, 9.17) is 0 Å². The van der Waals surface area contributed by atoms with E-state index in [1.807, 2.05) is 30.6 Å². The summed E-state index contributed by atoms with van der Waals surface area (Å²) in [5.74, 6) is 0.230. The molecule has 19 heavy (non-hydrogen) atoms. The Kier molecular flexibility index (Phi) is 4.50. The second-order valence-corrected chi connectivity index (χ2v) is 6.94. The fourth-order valence-electron chi connectivity index (χ4n) is 2.00. The van der Waals surface area contributed by atoms with Crippen LogP contribution in [0, 0.1) is 0 Å². The number of fused-ring (bicyclic) bond motifs is 1. The largest absolute Gasteiger partial charge is 0.313 e. The van der Waals surface area contributed by atoms with Crippen LogP contribution in [0.25, 0.3) is 10.8 Å². The van der Waals surface area contributed by atoms with Crippen molar-refractivity contribution in [2.45, 2.75) is 13.0 Å². The molecule has 4 nitrogen and oxygen atoms in total. The van der Waals surface area contributed by atoms with Gasteiger partial charge in [0.2, 0.25) is 0 Å². The zero-order chi connectivity index (χ0) is 13.7. The molecule has 0 atom stereocenters. The number of pyridine rings is 1. The normalized spacial score (nSPS) is 11.8. The van der Waals surface area contributed by atoms with Crippen LogP contribution >= 0.6 is 0 Å². The smallest absolute Gasteiger partial charge is 0.147 e.